The molecule has 0 heterocycles. The predicted octanol–water partition coefficient (Wildman–Crippen LogP) is 16.8. The van der Waals surface area contributed by atoms with Crippen LogP contribution in [0, 0.1) is 27.7 Å². The van der Waals surface area contributed by atoms with E-state index in [0.29, 0.717) is 0 Å². The van der Waals surface area contributed by atoms with Crippen LogP contribution in [0.2, 0.25) is 0 Å². The second-order valence-corrected chi connectivity index (χ2v) is 19.0. The van der Waals surface area contributed by atoms with Crippen LogP contribution >= 0.6 is 0 Å². The lowest BCUT2D eigenvalue weighted by Gasteiger charge is -2.38. The summed E-state index contributed by atoms with van der Waals surface area (Å²) in [7, 11) is 0. The number of benzene rings is 9. The van der Waals surface area contributed by atoms with E-state index >= 15 is 0 Å². The van der Waals surface area contributed by atoms with Crippen LogP contribution in [0.1, 0.15) is 72.2 Å². The average Bonchev–Trinajstić information content (AvgIpc) is 3.49. The van der Waals surface area contributed by atoms with Gasteiger partial charge in [-0.3, -0.25) is 0 Å². The molecular formula is C60H52N2. The first-order valence-corrected chi connectivity index (χ1v) is 22.1. The lowest BCUT2D eigenvalue weighted by Crippen LogP contribution is -2.25. The van der Waals surface area contributed by atoms with E-state index in [1.54, 1.807) is 0 Å². The fraction of sp³-hybridized carbons (Fsp3) is 0.167. The van der Waals surface area contributed by atoms with Crippen LogP contribution in [0.4, 0.5) is 34.1 Å². The molecule has 0 unspecified atom stereocenters. The minimum absolute atomic E-state index is 0.220. The summed E-state index contributed by atoms with van der Waals surface area (Å²) in [6, 6.07) is 64.3. The third-order valence-corrected chi connectivity index (χ3v) is 14.1. The highest BCUT2D eigenvalue weighted by molar-refractivity contribution is 6.17. The minimum Gasteiger partial charge on any atom is -0.310 e. The van der Waals surface area contributed by atoms with Gasteiger partial charge in [-0.25, -0.2) is 0 Å². The molecule has 0 radical (unpaired) electrons. The quantitative estimate of drug-likeness (QED) is 0.155. The van der Waals surface area contributed by atoms with E-state index in [1.807, 2.05) is 0 Å². The van der Waals surface area contributed by atoms with E-state index in [1.165, 1.54) is 99.7 Å². The molecule has 62 heavy (non-hydrogen) atoms. The highest BCUT2D eigenvalue weighted by Gasteiger charge is 2.42. The average molecular weight is 801 g/mol. The number of aryl methyl sites for hydroxylation is 4. The SMILES string of the molecule is Cc1ccc(N(c2ccc(C)cc2)c2ccc3c(c2)C(C)(C)c2cc4c(cc2-3)C(C)(C)c2c3ccccc3cc3c(N(c5ccc(C)cc5)c5ccc(C)cc5)ccc-4c23)cc1. The topological polar surface area (TPSA) is 6.48 Å². The molecule has 2 aliphatic rings. The zero-order chi connectivity index (χ0) is 42.7. The Labute approximate surface area is 366 Å². The predicted molar refractivity (Wildman–Crippen MR) is 265 cm³/mol. The van der Waals surface area contributed by atoms with Gasteiger partial charge in [-0.15, -0.1) is 0 Å². The van der Waals surface area contributed by atoms with Gasteiger partial charge in [0.1, 0.15) is 0 Å². The first kappa shape index (κ1) is 38.1. The third kappa shape index (κ3) is 5.77. The highest BCUT2D eigenvalue weighted by Crippen LogP contribution is 2.58. The van der Waals surface area contributed by atoms with Crippen LogP contribution in [-0.4, -0.2) is 0 Å². The molecule has 2 nitrogen and oxygen atoms in total. The van der Waals surface area contributed by atoms with Crippen molar-refractivity contribution >= 4 is 55.7 Å². The summed E-state index contributed by atoms with van der Waals surface area (Å²) in [4.78, 5) is 4.86. The molecule has 0 amide bonds. The van der Waals surface area contributed by atoms with Gasteiger partial charge in [0.2, 0.25) is 0 Å². The van der Waals surface area contributed by atoms with Crippen molar-refractivity contribution in [3.05, 3.63) is 214 Å². The Morgan fingerprint density at radius 1 is 0.339 bits per heavy atom. The molecule has 0 N–H and O–H groups in total. The smallest absolute Gasteiger partial charge is 0.0540 e. The lowest BCUT2D eigenvalue weighted by molar-refractivity contribution is 0.643. The number of hydrogen-bond donors (Lipinski definition) is 0. The second kappa shape index (κ2) is 13.8. The molecule has 0 fully saturated rings. The van der Waals surface area contributed by atoms with Crippen molar-refractivity contribution in [2.45, 2.75) is 66.2 Å². The molecule has 0 atom stereocenters. The molecule has 9 aromatic rings. The van der Waals surface area contributed by atoms with Crippen LogP contribution in [-0.2, 0) is 10.8 Å². The standard InChI is InChI=1S/C60H52N2/c1-37-13-21-42(22-14-37)61(43-23-15-38(2)16-24-43)46-29-30-48-50-35-55-51(36-54(50)59(5,6)53(48)34-46)49-31-32-56(52-33-41-11-9-10-12-47(41)58(57(49)52)60(55,7)8)62(44-25-17-39(3)18-26-44)45-27-19-40(4)20-28-45/h9-36H,1-8H3. The van der Waals surface area contributed by atoms with E-state index in [2.05, 4.69) is 235 Å². The van der Waals surface area contributed by atoms with Crippen molar-refractivity contribution in [1.29, 1.82) is 0 Å². The van der Waals surface area contributed by atoms with Gasteiger partial charge in [0.05, 0.1) is 5.69 Å². The van der Waals surface area contributed by atoms with E-state index in [4.69, 9.17) is 0 Å². The third-order valence-electron chi connectivity index (χ3n) is 14.1. The van der Waals surface area contributed by atoms with Gasteiger partial charge < -0.3 is 9.80 Å². The molecular weight excluding hydrogens is 749 g/mol. The number of fused-ring (bicyclic) bond motifs is 7. The number of nitrogens with zero attached hydrogens (tertiary/aromatic N) is 2. The van der Waals surface area contributed by atoms with Crippen LogP contribution in [0.5, 0.6) is 0 Å². The first-order valence-electron chi connectivity index (χ1n) is 22.1. The Morgan fingerprint density at radius 2 is 0.774 bits per heavy atom. The van der Waals surface area contributed by atoms with Crippen LogP contribution in [0.3, 0.4) is 0 Å². The van der Waals surface area contributed by atoms with E-state index in [0.717, 1.165) is 22.7 Å². The van der Waals surface area contributed by atoms with Crippen molar-refractivity contribution < 1.29 is 0 Å². The number of anilines is 6. The molecule has 0 saturated carbocycles. The summed E-state index contributed by atoms with van der Waals surface area (Å²) in [5, 5.41) is 5.22. The Bertz CT molecular complexity index is 3150. The maximum Gasteiger partial charge on any atom is 0.0540 e. The summed E-state index contributed by atoms with van der Waals surface area (Å²) >= 11 is 0. The summed E-state index contributed by atoms with van der Waals surface area (Å²) in [5.41, 5.74) is 22.4. The fourth-order valence-corrected chi connectivity index (χ4v) is 10.7. The molecule has 0 spiro atoms. The Balaban J connectivity index is 1.12. The van der Waals surface area contributed by atoms with Crippen molar-refractivity contribution in [2.24, 2.45) is 0 Å². The molecule has 302 valence electrons. The molecule has 0 bridgehead atoms. The zero-order valence-corrected chi connectivity index (χ0v) is 37.1. The first-order chi connectivity index (χ1) is 29.9. The van der Waals surface area contributed by atoms with Crippen molar-refractivity contribution in [3.8, 4) is 22.3 Å². The molecule has 9 aromatic carbocycles. The van der Waals surface area contributed by atoms with Crippen LogP contribution in [0.25, 0.3) is 43.8 Å². The van der Waals surface area contributed by atoms with Crippen molar-refractivity contribution in [3.63, 3.8) is 0 Å². The second-order valence-electron chi connectivity index (χ2n) is 19.0. The normalized spacial score (nSPS) is 14.1. The fourth-order valence-electron chi connectivity index (χ4n) is 10.7. The Kier molecular flexibility index (Phi) is 8.48. The molecule has 2 aliphatic carbocycles. The van der Waals surface area contributed by atoms with Gasteiger partial charge in [-0.05, 0) is 173 Å². The summed E-state index contributed by atoms with van der Waals surface area (Å²) < 4.78 is 0. The van der Waals surface area contributed by atoms with E-state index in [9.17, 15) is 0 Å². The highest BCUT2D eigenvalue weighted by atomic mass is 15.1. The lowest BCUT2D eigenvalue weighted by atomic mass is 9.65. The number of rotatable bonds is 6. The molecule has 2 heteroatoms. The van der Waals surface area contributed by atoms with E-state index < -0.39 is 0 Å². The monoisotopic (exact) mass is 800 g/mol. The molecule has 0 aromatic heterocycles. The van der Waals surface area contributed by atoms with Crippen LogP contribution < -0.4 is 9.80 Å². The van der Waals surface area contributed by atoms with Crippen molar-refractivity contribution in [2.75, 3.05) is 9.80 Å². The zero-order valence-electron chi connectivity index (χ0n) is 37.1. The van der Waals surface area contributed by atoms with Gasteiger partial charge in [-0.2, -0.15) is 0 Å². The maximum atomic E-state index is 2.56. The van der Waals surface area contributed by atoms with Crippen LogP contribution in [0.15, 0.2) is 170 Å². The summed E-state index contributed by atoms with van der Waals surface area (Å²) in [6.07, 6.45) is 0. The van der Waals surface area contributed by atoms with Gasteiger partial charge >= 0.3 is 0 Å². The minimum atomic E-state index is -0.284. The van der Waals surface area contributed by atoms with Crippen molar-refractivity contribution in [1.82, 2.24) is 0 Å². The Hall–Kier alpha value is -6.90. The van der Waals surface area contributed by atoms with Gasteiger partial charge in [0, 0.05) is 44.7 Å². The molecule has 0 saturated heterocycles. The summed E-state index contributed by atoms with van der Waals surface area (Å²) in [6.45, 7) is 18.4. The van der Waals surface area contributed by atoms with Gasteiger partial charge in [0.15, 0.2) is 0 Å². The van der Waals surface area contributed by atoms with Gasteiger partial charge in [0.25, 0.3) is 0 Å². The van der Waals surface area contributed by atoms with Gasteiger partial charge in [-0.1, -0.05) is 135 Å². The largest absolute Gasteiger partial charge is 0.310 e. The summed E-state index contributed by atoms with van der Waals surface area (Å²) in [5.74, 6) is 0. The van der Waals surface area contributed by atoms with E-state index in [-0.39, 0.29) is 10.8 Å². The number of hydrogen-bond acceptors (Lipinski definition) is 2. The molecule has 11 rings (SSSR count). The Morgan fingerprint density at radius 3 is 1.32 bits per heavy atom. The molecule has 0 aliphatic heterocycles. The maximum absolute atomic E-state index is 2.56.